The summed E-state index contributed by atoms with van der Waals surface area (Å²) in [7, 11) is 0. The molecule has 0 saturated carbocycles. The lowest BCUT2D eigenvalue weighted by Gasteiger charge is -2.05. The minimum absolute atomic E-state index is 1.05. The van der Waals surface area contributed by atoms with E-state index in [4.69, 9.17) is 0 Å². The molecule has 0 spiro atoms. The summed E-state index contributed by atoms with van der Waals surface area (Å²) in [6, 6.07) is 14.9. The maximum absolute atomic E-state index is 4.41. The maximum Gasteiger partial charge on any atom is 0.101 e. The first kappa shape index (κ1) is 20.6. The summed E-state index contributed by atoms with van der Waals surface area (Å²) < 4.78 is 0. The van der Waals surface area contributed by atoms with E-state index in [2.05, 4.69) is 47.6 Å². The fraction of sp³-hybridized carbons (Fsp3) is 0.542. The van der Waals surface area contributed by atoms with Crippen LogP contribution in [0.3, 0.4) is 0 Å². The van der Waals surface area contributed by atoms with E-state index in [1.807, 2.05) is 18.3 Å². The Morgan fingerprint density at radius 3 is 2.00 bits per heavy atom. The van der Waals surface area contributed by atoms with Gasteiger partial charge in [-0.1, -0.05) is 88.6 Å². The molecule has 0 atom stereocenters. The average Bonchev–Trinajstić information content (AvgIpc) is 2.70. The van der Waals surface area contributed by atoms with Gasteiger partial charge in [-0.25, -0.2) is 0 Å². The van der Waals surface area contributed by atoms with Gasteiger partial charge in [-0.2, -0.15) is 0 Å². The summed E-state index contributed by atoms with van der Waals surface area (Å²) in [6.45, 7) is 4.62. The van der Waals surface area contributed by atoms with Crippen LogP contribution in [-0.2, 0) is 6.54 Å². The minimum Gasteiger partial charge on any atom is -0.343 e. The number of hydrogen-bond donors (Lipinski definition) is 1. The van der Waals surface area contributed by atoms with Crippen molar-refractivity contribution in [3.63, 3.8) is 0 Å². The van der Waals surface area contributed by atoms with Crippen molar-refractivity contribution in [3.8, 4) is 11.3 Å². The lowest BCUT2D eigenvalue weighted by atomic mass is 10.1. The highest BCUT2D eigenvalue weighted by Crippen LogP contribution is 2.16. The summed E-state index contributed by atoms with van der Waals surface area (Å²) in [6.07, 6.45) is 16.0. The van der Waals surface area contributed by atoms with Gasteiger partial charge in [0.15, 0.2) is 0 Å². The van der Waals surface area contributed by atoms with E-state index in [9.17, 15) is 0 Å². The molecule has 142 valence electrons. The molecular formula is C24H37N2+. The number of nitrogens with two attached hydrogens (primary N) is 1. The fourth-order valence-electron chi connectivity index (χ4n) is 3.39. The molecule has 2 rings (SSSR count). The molecule has 26 heavy (non-hydrogen) atoms. The molecule has 2 aromatic rings. The Morgan fingerprint density at radius 2 is 1.38 bits per heavy atom. The molecule has 2 heteroatoms. The van der Waals surface area contributed by atoms with Gasteiger partial charge in [0.25, 0.3) is 0 Å². The third-order valence-electron chi connectivity index (χ3n) is 5.06. The van der Waals surface area contributed by atoms with Gasteiger partial charge in [0, 0.05) is 17.3 Å². The number of aromatic nitrogens is 1. The van der Waals surface area contributed by atoms with Gasteiger partial charge in [0.1, 0.15) is 6.54 Å². The molecule has 2 nitrogen and oxygen atoms in total. The lowest BCUT2D eigenvalue weighted by molar-refractivity contribution is -0.671. The van der Waals surface area contributed by atoms with Crippen molar-refractivity contribution in [2.45, 2.75) is 77.7 Å². The van der Waals surface area contributed by atoms with Crippen molar-refractivity contribution in [2.75, 3.05) is 6.54 Å². The van der Waals surface area contributed by atoms with Gasteiger partial charge in [0.05, 0.1) is 12.2 Å². The first-order valence-corrected chi connectivity index (χ1v) is 10.7. The maximum atomic E-state index is 4.41. The van der Waals surface area contributed by atoms with Crippen molar-refractivity contribution in [3.05, 3.63) is 54.2 Å². The van der Waals surface area contributed by atoms with Gasteiger partial charge in [0.2, 0.25) is 0 Å². The lowest BCUT2D eigenvalue weighted by Crippen LogP contribution is -2.82. The van der Waals surface area contributed by atoms with Crippen molar-refractivity contribution in [1.82, 2.24) is 4.98 Å². The second-order valence-electron chi connectivity index (χ2n) is 7.38. The highest BCUT2D eigenvalue weighted by atomic mass is 14.8. The summed E-state index contributed by atoms with van der Waals surface area (Å²) in [4.78, 5) is 4.41. The van der Waals surface area contributed by atoms with Crippen LogP contribution in [0.4, 0.5) is 0 Å². The zero-order valence-corrected chi connectivity index (χ0v) is 16.6. The topological polar surface area (TPSA) is 29.5 Å². The first-order chi connectivity index (χ1) is 12.9. The number of hydrogen-bond acceptors (Lipinski definition) is 1. The van der Waals surface area contributed by atoms with E-state index in [0.29, 0.717) is 0 Å². The summed E-state index contributed by atoms with van der Waals surface area (Å²) >= 11 is 0. The monoisotopic (exact) mass is 353 g/mol. The number of unbranched alkanes of at least 4 members (excludes halogenated alkanes) is 9. The van der Waals surface area contributed by atoms with Crippen LogP contribution >= 0.6 is 0 Å². The Hall–Kier alpha value is -1.67. The van der Waals surface area contributed by atoms with Crippen LogP contribution < -0.4 is 5.32 Å². The van der Waals surface area contributed by atoms with E-state index in [-0.39, 0.29) is 0 Å². The number of quaternary nitrogens is 1. The SMILES string of the molecule is CCCCCCCCCCCC[NH2+]Cc1ccc(-c2ccccn2)cc1. The van der Waals surface area contributed by atoms with E-state index < -0.39 is 0 Å². The van der Waals surface area contributed by atoms with Crippen LogP contribution in [0.5, 0.6) is 0 Å². The second-order valence-corrected chi connectivity index (χ2v) is 7.38. The Kier molecular flexibility index (Phi) is 10.7. The van der Waals surface area contributed by atoms with Gasteiger partial charge in [-0.05, 0) is 25.0 Å². The predicted octanol–water partition coefficient (Wildman–Crippen LogP) is 5.73. The first-order valence-electron chi connectivity index (χ1n) is 10.7. The number of rotatable bonds is 14. The highest BCUT2D eigenvalue weighted by molar-refractivity contribution is 5.58. The average molecular weight is 354 g/mol. The molecule has 0 unspecified atom stereocenters. The van der Waals surface area contributed by atoms with Crippen LogP contribution in [0.25, 0.3) is 11.3 Å². The number of benzene rings is 1. The molecule has 0 radical (unpaired) electrons. The molecule has 0 amide bonds. The van der Waals surface area contributed by atoms with Crippen LogP contribution in [0.15, 0.2) is 48.7 Å². The normalized spacial score (nSPS) is 11.0. The highest BCUT2D eigenvalue weighted by Gasteiger charge is 2.00. The van der Waals surface area contributed by atoms with E-state index in [1.54, 1.807) is 0 Å². The summed E-state index contributed by atoms with van der Waals surface area (Å²) in [5.41, 5.74) is 3.65. The quantitative estimate of drug-likeness (QED) is 0.432. The van der Waals surface area contributed by atoms with Crippen LogP contribution in [0.1, 0.15) is 76.7 Å². The third kappa shape index (κ3) is 8.62. The van der Waals surface area contributed by atoms with Gasteiger partial charge < -0.3 is 5.32 Å². The Bertz CT molecular complexity index is 563. The molecule has 0 aliphatic rings. The molecule has 0 bridgehead atoms. The Balaban J connectivity index is 1.47. The smallest absolute Gasteiger partial charge is 0.101 e. The number of pyridine rings is 1. The van der Waals surface area contributed by atoms with Crippen molar-refractivity contribution >= 4 is 0 Å². The van der Waals surface area contributed by atoms with E-state index in [1.165, 1.54) is 81.9 Å². The van der Waals surface area contributed by atoms with Crippen LogP contribution in [-0.4, -0.2) is 11.5 Å². The van der Waals surface area contributed by atoms with Crippen LogP contribution in [0.2, 0.25) is 0 Å². The summed E-state index contributed by atoms with van der Waals surface area (Å²) in [5, 5.41) is 2.44. The minimum atomic E-state index is 1.05. The largest absolute Gasteiger partial charge is 0.343 e. The van der Waals surface area contributed by atoms with Gasteiger partial charge in [-0.15, -0.1) is 0 Å². The van der Waals surface area contributed by atoms with E-state index in [0.717, 1.165) is 12.2 Å². The zero-order valence-electron chi connectivity index (χ0n) is 16.6. The zero-order chi connectivity index (χ0) is 18.3. The molecule has 0 aliphatic carbocycles. The Labute approximate surface area is 160 Å². The molecule has 1 aromatic carbocycles. The third-order valence-corrected chi connectivity index (χ3v) is 5.06. The standard InChI is InChI=1S/C24H36N2/c1-2-3-4-5-6-7-8-9-10-12-19-25-21-22-15-17-23(18-16-22)24-14-11-13-20-26-24/h11,13-18,20,25H,2-10,12,19,21H2,1H3/p+1. The van der Waals surface area contributed by atoms with Crippen molar-refractivity contribution < 1.29 is 5.32 Å². The fourth-order valence-corrected chi connectivity index (χ4v) is 3.39. The molecule has 0 aliphatic heterocycles. The summed E-state index contributed by atoms with van der Waals surface area (Å²) in [5.74, 6) is 0. The Morgan fingerprint density at radius 1 is 0.731 bits per heavy atom. The molecule has 1 aromatic heterocycles. The van der Waals surface area contributed by atoms with Crippen molar-refractivity contribution in [2.24, 2.45) is 0 Å². The van der Waals surface area contributed by atoms with Crippen LogP contribution in [0, 0.1) is 0 Å². The number of nitrogens with zero attached hydrogens (tertiary/aromatic N) is 1. The molecule has 2 N–H and O–H groups in total. The second kappa shape index (κ2) is 13.5. The van der Waals surface area contributed by atoms with Crippen molar-refractivity contribution in [1.29, 1.82) is 0 Å². The molecule has 1 heterocycles. The van der Waals surface area contributed by atoms with Gasteiger partial charge in [-0.3, -0.25) is 4.98 Å². The molecule has 0 fully saturated rings. The van der Waals surface area contributed by atoms with Gasteiger partial charge >= 0.3 is 0 Å². The molecular weight excluding hydrogens is 316 g/mol. The molecule has 0 saturated heterocycles. The van der Waals surface area contributed by atoms with E-state index >= 15 is 0 Å². The predicted molar refractivity (Wildman–Crippen MR) is 112 cm³/mol.